The van der Waals surface area contributed by atoms with E-state index in [1.54, 1.807) is 22.9 Å². The number of nitrogens with one attached hydrogen (secondary N) is 2. The van der Waals surface area contributed by atoms with E-state index >= 15 is 0 Å². The molecule has 0 saturated carbocycles. The Kier molecular flexibility index (Phi) is 9.62. The number of aromatic nitrogens is 2. The maximum atomic E-state index is 12.9. The number of nitrogens with zero attached hydrogens (tertiary/aromatic N) is 3. The molecular weight excluding hydrogens is 509 g/mol. The number of hydrogen-bond acceptors (Lipinski definition) is 3. The summed E-state index contributed by atoms with van der Waals surface area (Å²) in [6.07, 6.45) is 2.15. The highest BCUT2D eigenvalue weighted by molar-refractivity contribution is 6.44. The minimum Gasteiger partial charge on any atom is -0.342 e. The Labute approximate surface area is 229 Å². The van der Waals surface area contributed by atoms with Gasteiger partial charge in [-0.2, -0.15) is 5.10 Å². The van der Waals surface area contributed by atoms with Gasteiger partial charge < -0.3 is 10.2 Å². The Hall–Kier alpha value is -3.03. The fourth-order valence-corrected chi connectivity index (χ4v) is 4.24. The van der Waals surface area contributed by atoms with Crippen LogP contribution in [-0.2, 0) is 16.6 Å². The first-order valence-electron chi connectivity index (χ1n) is 12.5. The third-order valence-corrected chi connectivity index (χ3v) is 6.59. The number of carbonyl (C=O) groups is 2. The molecule has 0 spiro atoms. The normalized spacial score (nSPS) is 11.3. The summed E-state index contributed by atoms with van der Waals surface area (Å²) in [7, 11) is 0. The van der Waals surface area contributed by atoms with E-state index < -0.39 is 6.03 Å². The van der Waals surface area contributed by atoms with Gasteiger partial charge in [0.2, 0.25) is 5.91 Å². The zero-order chi connectivity index (χ0) is 27.2. The van der Waals surface area contributed by atoms with Crippen LogP contribution >= 0.6 is 23.2 Å². The summed E-state index contributed by atoms with van der Waals surface area (Å²) in [4.78, 5) is 27.7. The number of hydrogen-bond donors (Lipinski definition) is 2. The Morgan fingerprint density at radius 1 is 0.973 bits per heavy atom. The molecule has 2 aromatic carbocycles. The van der Waals surface area contributed by atoms with Crippen molar-refractivity contribution in [3.63, 3.8) is 0 Å². The number of rotatable bonds is 9. The number of anilines is 2. The lowest BCUT2D eigenvalue weighted by molar-refractivity contribution is -0.130. The average Bonchev–Trinajstić information content (AvgIpc) is 3.26. The van der Waals surface area contributed by atoms with Gasteiger partial charge in [0.05, 0.1) is 33.5 Å². The number of urea groups is 1. The first kappa shape index (κ1) is 28.5. The molecule has 0 atom stereocenters. The largest absolute Gasteiger partial charge is 0.342 e. The molecule has 0 aliphatic carbocycles. The number of benzene rings is 2. The number of amides is 3. The molecule has 9 heteroatoms. The van der Waals surface area contributed by atoms with Crippen molar-refractivity contribution in [2.24, 2.45) is 0 Å². The van der Waals surface area contributed by atoms with Gasteiger partial charge in [-0.1, -0.05) is 76.0 Å². The van der Waals surface area contributed by atoms with Crippen molar-refractivity contribution in [2.45, 2.75) is 59.3 Å². The van der Waals surface area contributed by atoms with Gasteiger partial charge in [-0.3, -0.25) is 10.1 Å². The molecule has 0 fully saturated rings. The predicted octanol–water partition coefficient (Wildman–Crippen LogP) is 7.31. The summed E-state index contributed by atoms with van der Waals surface area (Å²) in [5, 5.41) is 11.0. The van der Waals surface area contributed by atoms with Gasteiger partial charge in [-0.05, 0) is 42.7 Å². The first-order valence-corrected chi connectivity index (χ1v) is 13.3. The van der Waals surface area contributed by atoms with Crippen molar-refractivity contribution >= 4 is 46.6 Å². The molecule has 0 unspecified atom stereocenters. The smallest absolute Gasteiger partial charge is 0.324 e. The van der Waals surface area contributed by atoms with Crippen LogP contribution in [0, 0.1) is 0 Å². The van der Waals surface area contributed by atoms with Gasteiger partial charge in [0.15, 0.2) is 0 Å². The van der Waals surface area contributed by atoms with E-state index in [9.17, 15) is 9.59 Å². The molecular formula is C28H35Cl2N5O2. The molecule has 2 N–H and O–H groups in total. The molecule has 37 heavy (non-hydrogen) atoms. The summed E-state index contributed by atoms with van der Waals surface area (Å²) >= 11 is 12.3. The van der Waals surface area contributed by atoms with Crippen LogP contribution in [0.4, 0.5) is 16.3 Å². The van der Waals surface area contributed by atoms with Crippen molar-refractivity contribution in [3.05, 3.63) is 69.8 Å². The maximum Gasteiger partial charge on any atom is 0.324 e. The second kappa shape index (κ2) is 12.5. The Morgan fingerprint density at radius 3 is 2.30 bits per heavy atom. The lowest BCUT2D eigenvalue weighted by atomic mass is 9.92. The molecule has 0 aliphatic rings. The van der Waals surface area contributed by atoms with E-state index in [2.05, 4.69) is 45.3 Å². The summed E-state index contributed by atoms with van der Waals surface area (Å²) in [5.74, 6) is 0.593. The van der Waals surface area contributed by atoms with Crippen LogP contribution in [0.15, 0.2) is 48.5 Å². The fourth-order valence-electron chi connectivity index (χ4n) is 3.89. The standard InChI is InChI=1S/C28H35Cl2N5O2/c1-6-14-34(15-7-2)25(36)17-19-10-8-11-20(16-19)35-24(18-23(33-35)28(3,4)5)32-27(37)31-22-13-9-12-21(29)26(22)30/h8-13,16,18H,6-7,14-15,17H2,1-5H3,(H2,31,32,37). The van der Waals surface area contributed by atoms with Crippen LogP contribution in [-0.4, -0.2) is 39.7 Å². The minimum atomic E-state index is -0.480. The van der Waals surface area contributed by atoms with Gasteiger partial charge in [-0.25, -0.2) is 9.48 Å². The maximum absolute atomic E-state index is 12.9. The second-order valence-electron chi connectivity index (χ2n) is 9.98. The van der Waals surface area contributed by atoms with E-state index in [1.165, 1.54) is 0 Å². The molecule has 3 aromatic rings. The molecule has 3 rings (SSSR count). The summed E-state index contributed by atoms with van der Waals surface area (Å²) in [6, 6.07) is 14.1. The van der Waals surface area contributed by atoms with Crippen molar-refractivity contribution in [2.75, 3.05) is 23.7 Å². The highest BCUT2D eigenvalue weighted by atomic mass is 35.5. The Bertz CT molecular complexity index is 1240. The minimum absolute atomic E-state index is 0.104. The van der Waals surface area contributed by atoms with Crippen molar-refractivity contribution in [1.29, 1.82) is 0 Å². The van der Waals surface area contributed by atoms with Gasteiger partial charge in [0.25, 0.3) is 0 Å². The molecule has 198 valence electrons. The quantitative estimate of drug-likeness (QED) is 0.296. The lowest BCUT2D eigenvalue weighted by Gasteiger charge is -2.21. The van der Waals surface area contributed by atoms with Crippen molar-refractivity contribution < 1.29 is 9.59 Å². The Morgan fingerprint density at radius 2 is 1.65 bits per heavy atom. The lowest BCUT2D eigenvalue weighted by Crippen LogP contribution is -2.33. The topological polar surface area (TPSA) is 79.3 Å². The van der Waals surface area contributed by atoms with Gasteiger partial charge in [0, 0.05) is 24.6 Å². The molecule has 1 heterocycles. The van der Waals surface area contributed by atoms with E-state index in [1.807, 2.05) is 35.2 Å². The zero-order valence-corrected chi connectivity index (χ0v) is 23.6. The van der Waals surface area contributed by atoms with Crippen LogP contribution in [0.1, 0.15) is 58.7 Å². The molecule has 1 aromatic heterocycles. The van der Waals surface area contributed by atoms with E-state index in [4.69, 9.17) is 28.3 Å². The zero-order valence-electron chi connectivity index (χ0n) is 22.1. The second-order valence-corrected chi connectivity index (χ2v) is 10.8. The van der Waals surface area contributed by atoms with Crippen LogP contribution in [0.2, 0.25) is 10.0 Å². The highest BCUT2D eigenvalue weighted by Crippen LogP contribution is 2.30. The SMILES string of the molecule is CCCN(CCC)C(=O)Cc1cccc(-n2nc(C(C)(C)C)cc2NC(=O)Nc2cccc(Cl)c2Cl)c1. The van der Waals surface area contributed by atoms with E-state index in [0.29, 0.717) is 22.9 Å². The van der Waals surface area contributed by atoms with Gasteiger partial charge in [0.1, 0.15) is 5.82 Å². The molecule has 7 nitrogen and oxygen atoms in total. The molecule has 0 aliphatic heterocycles. The molecule has 0 bridgehead atoms. The van der Waals surface area contributed by atoms with E-state index in [-0.39, 0.29) is 16.3 Å². The van der Waals surface area contributed by atoms with Crippen LogP contribution in [0.3, 0.4) is 0 Å². The number of halogens is 2. The molecule has 0 saturated heterocycles. The van der Waals surface area contributed by atoms with E-state index in [0.717, 1.165) is 42.9 Å². The fraction of sp³-hybridized carbons (Fsp3) is 0.393. The van der Waals surface area contributed by atoms with Gasteiger partial charge >= 0.3 is 6.03 Å². The summed E-state index contributed by atoms with van der Waals surface area (Å²) in [6.45, 7) is 11.8. The Balaban J connectivity index is 1.89. The highest BCUT2D eigenvalue weighted by Gasteiger charge is 2.22. The molecule has 3 amide bonds. The average molecular weight is 545 g/mol. The van der Waals surface area contributed by atoms with Crippen LogP contribution < -0.4 is 10.6 Å². The van der Waals surface area contributed by atoms with Crippen molar-refractivity contribution in [3.8, 4) is 5.69 Å². The van der Waals surface area contributed by atoms with Crippen molar-refractivity contribution in [1.82, 2.24) is 14.7 Å². The third kappa shape index (κ3) is 7.49. The predicted molar refractivity (Wildman–Crippen MR) is 152 cm³/mol. The van der Waals surface area contributed by atoms with Crippen LogP contribution in [0.5, 0.6) is 0 Å². The third-order valence-electron chi connectivity index (χ3n) is 5.77. The summed E-state index contributed by atoms with van der Waals surface area (Å²) in [5.41, 5.74) is 2.59. The first-order chi connectivity index (χ1) is 17.5. The van der Waals surface area contributed by atoms with Crippen LogP contribution in [0.25, 0.3) is 5.69 Å². The molecule has 0 radical (unpaired) electrons. The summed E-state index contributed by atoms with van der Waals surface area (Å²) < 4.78 is 1.68. The monoisotopic (exact) mass is 543 g/mol. The number of carbonyl (C=O) groups excluding carboxylic acids is 2. The van der Waals surface area contributed by atoms with Gasteiger partial charge in [-0.15, -0.1) is 0 Å².